The number of halogens is 2. The number of rotatable bonds is 11. The SMILES string of the molecule is CCCS(=O)(=O)c1nc(N[C@@H](Cc2ccc(NC(=O)c3cc(Cl)nc(Cl)c3)cc2)C(=O)O)cc(C(=O)O)n1. The highest BCUT2D eigenvalue weighted by atomic mass is 35.5. The number of carbonyl (C=O) groups is 3. The zero-order valence-electron chi connectivity index (χ0n) is 19.7. The minimum atomic E-state index is -3.97. The van der Waals surface area contributed by atoms with Crippen molar-refractivity contribution in [3.05, 3.63) is 69.6 Å². The largest absolute Gasteiger partial charge is 0.480 e. The minimum absolute atomic E-state index is 0.0551. The number of carbonyl (C=O) groups excluding carboxylic acids is 1. The predicted molar refractivity (Wildman–Crippen MR) is 139 cm³/mol. The lowest BCUT2D eigenvalue weighted by Gasteiger charge is -2.16. The molecule has 0 saturated carbocycles. The van der Waals surface area contributed by atoms with Gasteiger partial charge >= 0.3 is 11.9 Å². The Labute approximate surface area is 227 Å². The molecule has 0 spiro atoms. The summed E-state index contributed by atoms with van der Waals surface area (Å²) in [4.78, 5) is 47.0. The first kappa shape index (κ1) is 28.8. The molecule has 1 amide bonds. The van der Waals surface area contributed by atoms with Crippen molar-refractivity contribution in [2.75, 3.05) is 16.4 Å². The lowest BCUT2D eigenvalue weighted by atomic mass is 10.1. The Balaban J connectivity index is 1.77. The highest BCUT2D eigenvalue weighted by Gasteiger charge is 2.24. The quantitative estimate of drug-likeness (QED) is 0.192. The van der Waals surface area contributed by atoms with Crippen molar-refractivity contribution in [1.29, 1.82) is 0 Å². The van der Waals surface area contributed by atoms with Crippen molar-refractivity contribution < 1.29 is 33.0 Å². The van der Waals surface area contributed by atoms with Crippen LogP contribution < -0.4 is 10.6 Å². The molecule has 38 heavy (non-hydrogen) atoms. The van der Waals surface area contributed by atoms with Gasteiger partial charge in [-0.2, -0.15) is 0 Å². The normalized spacial score (nSPS) is 12.0. The molecular formula is C23H21Cl2N5O7S. The van der Waals surface area contributed by atoms with E-state index in [0.29, 0.717) is 11.3 Å². The van der Waals surface area contributed by atoms with Gasteiger partial charge in [-0.25, -0.2) is 33.0 Å². The summed E-state index contributed by atoms with van der Waals surface area (Å²) in [6.45, 7) is 1.62. The van der Waals surface area contributed by atoms with Crippen molar-refractivity contribution in [3.8, 4) is 0 Å². The molecule has 3 rings (SSSR count). The van der Waals surface area contributed by atoms with E-state index in [1.54, 1.807) is 31.2 Å². The number of benzene rings is 1. The summed E-state index contributed by atoms with van der Waals surface area (Å²) in [6, 6.07) is 8.64. The summed E-state index contributed by atoms with van der Waals surface area (Å²) in [6.07, 6.45) is 0.173. The number of nitrogens with one attached hydrogen (secondary N) is 2. The number of carboxylic acids is 2. The summed E-state index contributed by atoms with van der Waals surface area (Å²) in [5.41, 5.74) is 0.554. The molecule has 0 radical (unpaired) electrons. The van der Waals surface area contributed by atoms with Gasteiger partial charge in [-0.05, 0) is 36.2 Å². The van der Waals surface area contributed by atoms with Gasteiger partial charge in [0.2, 0.25) is 15.0 Å². The molecule has 2 heterocycles. The third kappa shape index (κ3) is 7.60. The van der Waals surface area contributed by atoms with Crippen LogP contribution >= 0.6 is 23.2 Å². The molecule has 0 aliphatic carbocycles. The number of aromatic nitrogens is 3. The van der Waals surface area contributed by atoms with E-state index in [0.717, 1.165) is 6.07 Å². The van der Waals surface area contributed by atoms with Gasteiger partial charge in [0.15, 0.2) is 5.69 Å². The molecule has 1 aromatic carbocycles. The molecule has 0 saturated heterocycles. The monoisotopic (exact) mass is 581 g/mol. The van der Waals surface area contributed by atoms with E-state index in [1.807, 2.05) is 0 Å². The van der Waals surface area contributed by atoms with E-state index in [4.69, 9.17) is 23.2 Å². The first-order chi connectivity index (χ1) is 17.9. The molecule has 2 aromatic heterocycles. The van der Waals surface area contributed by atoms with E-state index in [1.165, 1.54) is 12.1 Å². The Bertz CT molecular complexity index is 1460. The van der Waals surface area contributed by atoms with Gasteiger partial charge in [-0.1, -0.05) is 42.3 Å². The lowest BCUT2D eigenvalue weighted by molar-refractivity contribution is -0.137. The second-order valence-corrected chi connectivity index (χ2v) is 10.7. The van der Waals surface area contributed by atoms with Gasteiger partial charge < -0.3 is 20.8 Å². The number of pyridine rings is 1. The fraction of sp³-hybridized carbons (Fsp3) is 0.217. The number of hydrogen-bond donors (Lipinski definition) is 4. The van der Waals surface area contributed by atoms with E-state index in [2.05, 4.69) is 25.6 Å². The van der Waals surface area contributed by atoms with E-state index >= 15 is 0 Å². The molecule has 12 nitrogen and oxygen atoms in total. The van der Waals surface area contributed by atoms with Crippen LogP contribution in [0.2, 0.25) is 10.3 Å². The van der Waals surface area contributed by atoms with Gasteiger partial charge in [0.1, 0.15) is 22.2 Å². The van der Waals surface area contributed by atoms with Crippen LogP contribution in [0, 0.1) is 0 Å². The lowest BCUT2D eigenvalue weighted by Crippen LogP contribution is -2.32. The van der Waals surface area contributed by atoms with E-state index in [-0.39, 0.29) is 40.3 Å². The Morgan fingerprint density at radius 1 is 0.974 bits per heavy atom. The van der Waals surface area contributed by atoms with Gasteiger partial charge in [0, 0.05) is 23.7 Å². The van der Waals surface area contributed by atoms with Crippen LogP contribution in [0.5, 0.6) is 0 Å². The number of aromatic carboxylic acids is 1. The maximum atomic E-state index is 12.4. The molecule has 0 bridgehead atoms. The number of nitrogens with zero attached hydrogens (tertiary/aromatic N) is 3. The average molecular weight is 582 g/mol. The third-order valence-corrected chi connectivity index (χ3v) is 7.04. The fourth-order valence-electron chi connectivity index (χ4n) is 3.25. The molecule has 0 aliphatic rings. The minimum Gasteiger partial charge on any atom is -0.480 e. The molecule has 0 aliphatic heterocycles. The smallest absolute Gasteiger partial charge is 0.354 e. The summed E-state index contributed by atoms with van der Waals surface area (Å²) in [5, 5.41) is 23.7. The fourth-order valence-corrected chi connectivity index (χ4v) is 4.90. The van der Waals surface area contributed by atoms with Crippen molar-refractivity contribution in [1.82, 2.24) is 15.0 Å². The number of amides is 1. The number of sulfone groups is 1. The Morgan fingerprint density at radius 3 is 2.16 bits per heavy atom. The molecule has 3 aromatic rings. The van der Waals surface area contributed by atoms with Gasteiger partial charge in [-0.3, -0.25) is 4.79 Å². The number of carboxylic acid groups (broad SMARTS) is 2. The second kappa shape index (κ2) is 12.2. The Kier molecular flexibility index (Phi) is 9.20. The average Bonchev–Trinajstić information content (AvgIpc) is 2.83. The molecule has 1 atom stereocenters. The molecule has 0 fully saturated rings. The third-order valence-electron chi connectivity index (χ3n) is 4.97. The van der Waals surface area contributed by atoms with Crippen LogP contribution in [-0.4, -0.2) is 63.2 Å². The Hall–Kier alpha value is -3.81. The topological polar surface area (TPSA) is 189 Å². The maximum absolute atomic E-state index is 12.4. The van der Waals surface area contributed by atoms with Crippen LogP contribution in [0.3, 0.4) is 0 Å². The summed E-state index contributed by atoms with van der Waals surface area (Å²) in [7, 11) is -3.97. The zero-order valence-corrected chi connectivity index (χ0v) is 22.0. The number of aliphatic carboxylic acids is 1. The van der Waals surface area contributed by atoms with E-state index in [9.17, 15) is 33.0 Å². The zero-order chi connectivity index (χ0) is 28.0. The second-order valence-electron chi connectivity index (χ2n) is 7.94. The molecule has 15 heteroatoms. The van der Waals surface area contributed by atoms with Crippen molar-refractivity contribution >= 4 is 62.4 Å². The molecule has 200 valence electrons. The van der Waals surface area contributed by atoms with Gasteiger partial charge in [0.05, 0.1) is 5.75 Å². The van der Waals surface area contributed by atoms with Crippen LogP contribution in [-0.2, 0) is 21.1 Å². The van der Waals surface area contributed by atoms with Crippen LogP contribution in [0.15, 0.2) is 47.6 Å². The standard InChI is InChI=1S/C23H21Cl2N5O7S/c1-2-7-38(36,37)23-28-16(22(34)35)11-19(30-23)27-15(21(32)33)8-12-3-5-14(6-4-12)26-20(31)13-9-17(24)29-18(25)10-13/h3-6,9-11,15H,2,7-8H2,1H3,(H,26,31)(H,32,33)(H,34,35)(H,27,28,30)/t15-/m0/s1. The maximum Gasteiger partial charge on any atom is 0.354 e. The van der Waals surface area contributed by atoms with Crippen molar-refractivity contribution in [2.24, 2.45) is 0 Å². The van der Waals surface area contributed by atoms with E-state index < -0.39 is 44.6 Å². The molecule has 0 unspecified atom stereocenters. The first-order valence-corrected chi connectivity index (χ1v) is 13.4. The summed E-state index contributed by atoms with van der Waals surface area (Å²) < 4.78 is 24.8. The van der Waals surface area contributed by atoms with Gasteiger partial charge in [-0.15, -0.1) is 0 Å². The predicted octanol–water partition coefficient (Wildman–Crippen LogP) is 3.42. The molecule has 4 N–H and O–H groups in total. The summed E-state index contributed by atoms with van der Waals surface area (Å²) >= 11 is 11.6. The van der Waals surface area contributed by atoms with Crippen molar-refractivity contribution in [3.63, 3.8) is 0 Å². The van der Waals surface area contributed by atoms with Crippen LogP contribution in [0.4, 0.5) is 11.5 Å². The summed E-state index contributed by atoms with van der Waals surface area (Å²) in [5.74, 6) is -3.84. The Morgan fingerprint density at radius 2 is 1.61 bits per heavy atom. The van der Waals surface area contributed by atoms with Crippen LogP contribution in [0.1, 0.15) is 39.8 Å². The van der Waals surface area contributed by atoms with Crippen LogP contribution in [0.25, 0.3) is 0 Å². The number of hydrogen-bond acceptors (Lipinski definition) is 9. The molecular weight excluding hydrogens is 561 g/mol. The first-order valence-electron chi connectivity index (χ1n) is 11.0. The highest BCUT2D eigenvalue weighted by molar-refractivity contribution is 7.91. The van der Waals surface area contributed by atoms with Crippen molar-refractivity contribution in [2.45, 2.75) is 31.0 Å². The highest BCUT2D eigenvalue weighted by Crippen LogP contribution is 2.19. The van der Waals surface area contributed by atoms with Gasteiger partial charge in [0.25, 0.3) is 5.91 Å². The number of anilines is 2.